The van der Waals surface area contributed by atoms with E-state index in [-0.39, 0.29) is 12.0 Å². The van der Waals surface area contributed by atoms with E-state index in [9.17, 15) is 4.79 Å². The molecule has 0 N–H and O–H groups in total. The van der Waals surface area contributed by atoms with Crippen molar-refractivity contribution >= 4 is 34.5 Å². The smallest absolute Gasteiger partial charge is 0.457 e. The van der Waals surface area contributed by atoms with Crippen LogP contribution in [0.15, 0.2) is 53.0 Å². The van der Waals surface area contributed by atoms with Gasteiger partial charge in [0.15, 0.2) is 0 Å². The first kappa shape index (κ1) is 18.2. The maximum absolute atomic E-state index is 12.6. The Hall–Kier alpha value is -1.63. The van der Waals surface area contributed by atoms with Crippen molar-refractivity contribution in [2.24, 2.45) is 5.41 Å². The molecule has 0 aromatic heterocycles. The summed E-state index contributed by atoms with van der Waals surface area (Å²) >= 11 is 3.41. The molecule has 1 saturated heterocycles. The minimum Gasteiger partial charge on any atom is -0.457 e. The molecule has 0 spiro atoms. The zero-order valence-corrected chi connectivity index (χ0v) is 15.9. The number of rotatable bonds is 4. The average molecular weight is 403 g/mol. The van der Waals surface area contributed by atoms with Crippen LogP contribution in [-0.2, 0) is 20.7 Å². The van der Waals surface area contributed by atoms with Crippen LogP contribution in [0.5, 0.6) is 0 Å². The van der Waals surface area contributed by atoms with Gasteiger partial charge in [-0.25, -0.2) is 4.79 Å². The van der Waals surface area contributed by atoms with E-state index in [0.29, 0.717) is 24.2 Å². The number of halogens is 1. The maximum atomic E-state index is 12.6. The number of carbonyl (C=O) groups is 1. The molecule has 25 heavy (non-hydrogen) atoms. The summed E-state index contributed by atoms with van der Waals surface area (Å²) in [5, 5.41) is 0. The number of hydrogen-bond donors (Lipinski definition) is 0. The van der Waals surface area contributed by atoms with Gasteiger partial charge >= 0.3 is 13.1 Å². The minimum atomic E-state index is -0.555. The first-order chi connectivity index (χ1) is 11.9. The van der Waals surface area contributed by atoms with Crippen LogP contribution < -0.4 is 5.46 Å². The van der Waals surface area contributed by atoms with Crippen LogP contribution in [0.4, 0.5) is 0 Å². The first-order valence-electron chi connectivity index (χ1n) is 8.18. The van der Waals surface area contributed by atoms with Crippen LogP contribution in [0.3, 0.4) is 0 Å². The van der Waals surface area contributed by atoms with Crippen LogP contribution in [0.25, 0.3) is 0 Å². The molecule has 0 saturated carbocycles. The second kappa shape index (κ2) is 7.73. The second-order valence-corrected chi connectivity index (χ2v) is 7.83. The Balaban J connectivity index is 1.76. The van der Waals surface area contributed by atoms with Gasteiger partial charge in [-0.1, -0.05) is 66.2 Å². The molecule has 2 aromatic rings. The largest absolute Gasteiger partial charge is 0.494 e. The maximum Gasteiger partial charge on any atom is 0.494 e. The quantitative estimate of drug-likeness (QED) is 0.579. The lowest BCUT2D eigenvalue weighted by Crippen LogP contribution is -2.49. The van der Waals surface area contributed by atoms with Gasteiger partial charge in [0.05, 0.1) is 5.56 Å². The Morgan fingerprint density at radius 2 is 1.84 bits per heavy atom. The van der Waals surface area contributed by atoms with Crippen LogP contribution >= 0.6 is 15.9 Å². The monoisotopic (exact) mass is 402 g/mol. The zero-order valence-electron chi connectivity index (χ0n) is 14.3. The highest BCUT2D eigenvalue weighted by atomic mass is 79.9. The van der Waals surface area contributed by atoms with Crippen LogP contribution in [0, 0.1) is 5.41 Å². The molecule has 3 rings (SSSR count). The number of carbonyl (C=O) groups excluding carboxylic acids is 1. The fourth-order valence-corrected chi connectivity index (χ4v) is 2.94. The molecule has 0 aliphatic carbocycles. The van der Waals surface area contributed by atoms with E-state index < -0.39 is 13.1 Å². The molecule has 1 aliphatic rings. The lowest BCUT2D eigenvalue weighted by molar-refractivity contribution is 0.0336. The highest BCUT2D eigenvalue weighted by Crippen LogP contribution is 2.22. The topological polar surface area (TPSA) is 44.8 Å². The molecule has 2 aromatic carbocycles. The van der Waals surface area contributed by atoms with Gasteiger partial charge in [-0.05, 0) is 23.2 Å². The van der Waals surface area contributed by atoms with E-state index in [4.69, 9.17) is 14.0 Å². The number of ether oxygens (including phenoxy) is 1. The molecule has 4 nitrogen and oxygen atoms in total. The van der Waals surface area contributed by atoms with Gasteiger partial charge in [-0.15, -0.1) is 0 Å². The number of esters is 1. The van der Waals surface area contributed by atoms with Gasteiger partial charge in [0.1, 0.15) is 6.61 Å². The van der Waals surface area contributed by atoms with Gasteiger partial charge in [0.2, 0.25) is 0 Å². The Labute approximate surface area is 156 Å². The van der Waals surface area contributed by atoms with Gasteiger partial charge < -0.3 is 14.0 Å². The predicted molar refractivity (Wildman–Crippen MR) is 101 cm³/mol. The summed E-state index contributed by atoms with van der Waals surface area (Å²) in [6.07, 6.45) is 0. The Morgan fingerprint density at radius 3 is 2.52 bits per heavy atom. The van der Waals surface area contributed by atoms with Crippen molar-refractivity contribution in [3.05, 3.63) is 64.1 Å². The molecule has 1 aliphatic heterocycles. The van der Waals surface area contributed by atoms with Crippen LogP contribution in [-0.4, -0.2) is 26.3 Å². The molecular weight excluding hydrogens is 383 g/mol. The average Bonchev–Trinajstić information content (AvgIpc) is 2.61. The van der Waals surface area contributed by atoms with Gasteiger partial charge in [0, 0.05) is 23.1 Å². The van der Waals surface area contributed by atoms with Crippen LogP contribution in [0.1, 0.15) is 29.8 Å². The van der Waals surface area contributed by atoms with Crippen molar-refractivity contribution in [2.75, 3.05) is 13.2 Å². The van der Waals surface area contributed by atoms with Gasteiger partial charge in [0.25, 0.3) is 0 Å². The molecular formula is C19H20BBrO4. The summed E-state index contributed by atoms with van der Waals surface area (Å²) in [7, 11) is -0.555. The van der Waals surface area contributed by atoms with Crippen molar-refractivity contribution in [3.8, 4) is 0 Å². The standard InChI is InChI=1S/C19H20BBrO4/c1-19(2)12-24-20(25-13-19)17-9-8-15(21)10-16(17)18(22)23-11-14-6-4-3-5-7-14/h3-10H,11-13H2,1-2H3. The number of hydrogen-bond acceptors (Lipinski definition) is 4. The van der Waals surface area contributed by atoms with E-state index in [1.807, 2.05) is 42.5 Å². The molecule has 0 bridgehead atoms. The van der Waals surface area contributed by atoms with Crippen molar-refractivity contribution in [3.63, 3.8) is 0 Å². The van der Waals surface area contributed by atoms with Crippen molar-refractivity contribution < 1.29 is 18.8 Å². The summed E-state index contributed by atoms with van der Waals surface area (Å²) in [6.45, 7) is 5.54. The number of benzene rings is 2. The Kier molecular flexibility index (Phi) is 5.62. The normalized spacial score (nSPS) is 16.5. The lowest BCUT2D eigenvalue weighted by Gasteiger charge is -2.33. The van der Waals surface area contributed by atoms with Crippen molar-refractivity contribution in [2.45, 2.75) is 20.5 Å². The Morgan fingerprint density at radius 1 is 1.16 bits per heavy atom. The molecule has 1 fully saturated rings. The zero-order chi connectivity index (χ0) is 17.9. The molecule has 0 amide bonds. The van der Waals surface area contributed by atoms with Gasteiger partial charge in [-0.3, -0.25) is 0 Å². The van der Waals surface area contributed by atoms with Gasteiger partial charge in [-0.2, -0.15) is 0 Å². The molecule has 0 atom stereocenters. The summed E-state index contributed by atoms with van der Waals surface area (Å²) in [5.41, 5.74) is 2.06. The lowest BCUT2D eigenvalue weighted by atomic mass is 9.73. The third kappa shape index (κ3) is 4.72. The van der Waals surface area contributed by atoms with E-state index in [1.165, 1.54) is 0 Å². The molecule has 0 unspecified atom stereocenters. The summed E-state index contributed by atoms with van der Waals surface area (Å²) in [6, 6.07) is 15.1. The first-order valence-corrected chi connectivity index (χ1v) is 8.98. The minimum absolute atomic E-state index is 0.0279. The van der Waals surface area contributed by atoms with E-state index in [2.05, 4.69) is 29.8 Å². The highest BCUT2D eigenvalue weighted by molar-refractivity contribution is 9.10. The fourth-order valence-electron chi connectivity index (χ4n) is 2.58. The molecule has 130 valence electrons. The third-order valence-corrected chi connectivity index (χ3v) is 4.45. The Bertz CT molecular complexity index is 738. The molecule has 6 heteroatoms. The van der Waals surface area contributed by atoms with Crippen molar-refractivity contribution in [1.82, 2.24) is 0 Å². The van der Waals surface area contributed by atoms with E-state index in [0.717, 1.165) is 10.0 Å². The summed E-state index contributed by atoms with van der Waals surface area (Å²) < 4.78 is 17.9. The molecule has 0 radical (unpaired) electrons. The highest BCUT2D eigenvalue weighted by Gasteiger charge is 2.36. The van der Waals surface area contributed by atoms with E-state index in [1.54, 1.807) is 6.07 Å². The van der Waals surface area contributed by atoms with Crippen LogP contribution in [0.2, 0.25) is 0 Å². The second-order valence-electron chi connectivity index (χ2n) is 6.91. The fraction of sp³-hybridized carbons (Fsp3) is 0.316. The predicted octanol–water partition coefficient (Wildman–Crippen LogP) is 3.57. The SMILES string of the molecule is CC1(C)COB(c2ccc(Br)cc2C(=O)OCc2ccccc2)OC1. The van der Waals surface area contributed by atoms with E-state index >= 15 is 0 Å². The molecule has 1 heterocycles. The van der Waals surface area contributed by atoms with Crippen molar-refractivity contribution in [1.29, 1.82) is 0 Å². The summed E-state index contributed by atoms with van der Waals surface area (Å²) in [5.74, 6) is -0.391. The summed E-state index contributed by atoms with van der Waals surface area (Å²) in [4.78, 5) is 12.6. The third-order valence-electron chi connectivity index (χ3n) is 3.95.